The molecule has 0 spiro atoms. The third-order valence-electron chi connectivity index (χ3n) is 3.66. The Morgan fingerprint density at radius 2 is 2.28 bits per heavy atom. The molecule has 0 aliphatic heterocycles. The maximum Gasteiger partial charge on any atom is 0.119 e. The Labute approximate surface area is 122 Å². The van der Waals surface area contributed by atoms with Crippen LogP contribution >= 0.6 is 27.5 Å². The minimum Gasteiger partial charge on any atom is -0.497 e. The number of nitrogens with one attached hydrogen (secondary N) is 1. The summed E-state index contributed by atoms with van der Waals surface area (Å²) in [6.45, 7) is 0.857. The monoisotopic (exact) mass is 331 g/mol. The van der Waals surface area contributed by atoms with Gasteiger partial charge in [-0.05, 0) is 42.5 Å². The molecule has 1 saturated carbocycles. The Morgan fingerprint density at radius 3 is 3.00 bits per heavy atom. The first kappa shape index (κ1) is 14.2. The minimum absolute atomic E-state index is 0.556. The molecule has 0 saturated heterocycles. The number of alkyl halides is 1. The zero-order chi connectivity index (χ0) is 13.0. The number of hydrogen-bond donors (Lipinski definition) is 1. The summed E-state index contributed by atoms with van der Waals surface area (Å²) in [7, 11) is 1.70. The normalized spacial score (nSPS) is 23.3. The van der Waals surface area contributed by atoms with Crippen molar-refractivity contribution in [2.75, 3.05) is 13.0 Å². The van der Waals surface area contributed by atoms with Gasteiger partial charge in [-0.3, -0.25) is 0 Å². The van der Waals surface area contributed by atoms with Crippen LogP contribution in [0.5, 0.6) is 5.75 Å². The van der Waals surface area contributed by atoms with E-state index in [2.05, 4.69) is 27.3 Å². The first-order valence-electron chi connectivity index (χ1n) is 6.36. The summed E-state index contributed by atoms with van der Waals surface area (Å²) in [6.07, 6.45) is 3.77. The van der Waals surface area contributed by atoms with Crippen LogP contribution < -0.4 is 10.1 Å². The molecule has 0 radical (unpaired) electrons. The molecule has 2 rings (SSSR count). The van der Waals surface area contributed by atoms with E-state index in [0.29, 0.717) is 12.0 Å². The zero-order valence-corrected chi connectivity index (χ0v) is 12.9. The fourth-order valence-electron chi connectivity index (χ4n) is 2.54. The molecule has 1 aromatic carbocycles. The van der Waals surface area contributed by atoms with Crippen LogP contribution in [0.3, 0.4) is 0 Å². The van der Waals surface area contributed by atoms with E-state index in [1.54, 1.807) is 7.11 Å². The molecule has 4 heteroatoms. The first-order valence-corrected chi connectivity index (χ1v) is 7.69. The van der Waals surface area contributed by atoms with Crippen molar-refractivity contribution in [2.24, 2.45) is 5.92 Å². The Morgan fingerprint density at radius 1 is 1.44 bits per heavy atom. The third-order valence-corrected chi connectivity index (χ3v) is 4.83. The van der Waals surface area contributed by atoms with Gasteiger partial charge in [-0.1, -0.05) is 22.4 Å². The Hall–Kier alpha value is -0.250. The van der Waals surface area contributed by atoms with Crippen molar-refractivity contribution >= 4 is 27.5 Å². The second kappa shape index (κ2) is 6.78. The van der Waals surface area contributed by atoms with E-state index in [4.69, 9.17) is 16.3 Å². The van der Waals surface area contributed by atoms with Crippen molar-refractivity contribution in [1.29, 1.82) is 0 Å². The maximum atomic E-state index is 5.99. The summed E-state index contributed by atoms with van der Waals surface area (Å²) >= 11 is 9.57. The van der Waals surface area contributed by atoms with Gasteiger partial charge in [0, 0.05) is 22.9 Å². The van der Waals surface area contributed by atoms with Crippen molar-refractivity contribution in [3.05, 3.63) is 28.2 Å². The smallest absolute Gasteiger partial charge is 0.119 e. The molecule has 0 heterocycles. The van der Waals surface area contributed by atoms with Crippen LogP contribution in [0.2, 0.25) is 0 Å². The second-order valence-electron chi connectivity index (χ2n) is 4.79. The molecule has 0 amide bonds. The van der Waals surface area contributed by atoms with E-state index >= 15 is 0 Å². The Bertz CT molecular complexity index is 399. The lowest BCUT2D eigenvalue weighted by atomic mass is 10.1. The number of rotatable bonds is 5. The predicted octanol–water partition coefficient (Wildman–Crippen LogP) is 3.95. The summed E-state index contributed by atoms with van der Waals surface area (Å²) < 4.78 is 6.38. The van der Waals surface area contributed by atoms with E-state index < -0.39 is 0 Å². The van der Waals surface area contributed by atoms with Gasteiger partial charge in [0.2, 0.25) is 0 Å². The average molecular weight is 333 g/mol. The fourth-order valence-corrected chi connectivity index (χ4v) is 3.30. The van der Waals surface area contributed by atoms with E-state index in [1.165, 1.54) is 24.8 Å². The summed E-state index contributed by atoms with van der Waals surface area (Å²) in [5, 5.41) is 3.62. The van der Waals surface area contributed by atoms with Crippen LogP contribution in [0.25, 0.3) is 0 Å². The highest BCUT2D eigenvalue weighted by Crippen LogP contribution is 2.28. The topological polar surface area (TPSA) is 21.3 Å². The quantitative estimate of drug-likeness (QED) is 0.824. The van der Waals surface area contributed by atoms with Crippen LogP contribution in [-0.4, -0.2) is 19.0 Å². The van der Waals surface area contributed by atoms with Crippen molar-refractivity contribution in [2.45, 2.75) is 31.8 Å². The summed E-state index contributed by atoms with van der Waals surface area (Å²) in [5.41, 5.74) is 1.23. The van der Waals surface area contributed by atoms with Crippen LogP contribution in [0.15, 0.2) is 22.7 Å². The van der Waals surface area contributed by atoms with Crippen molar-refractivity contribution in [3.8, 4) is 5.75 Å². The number of benzene rings is 1. The van der Waals surface area contributed by atoms with E-state index in [9.17, 15) is 0 Å². The highest BCUT2D eigenvalue weighted by molar-refractivity contribution is 9.10. The molecular formula is C14H19BrClNO. The molecule has 1 aliphatic carbocycles. The molecule has 1 N–H and O–H groups in total. The largest absolute Gasteiger partial charge is 0.497 e. The lowest BCUT2D eigenvalue weighted by molar-refractivity contribution is 0.411. The predicted molar refractivity (Wildman–Crippen MR) is 79.4 cm³/mol. The van der Waals surface area contributed by atoms with Gasteiger partial charge in [-0.25, -0.2) is 0 Å². The van der Waals surface area contributed by atoms with Gasteiger partial charge in [-0.15, -0.1) is 11.6 Å². The molecule has 1 aliphatic rings. The lowest BCUT2D eigenvalue weighted by Crippen LogP contribution is -2.32. The van der Waals surface area contributed by atoms with E-state index in [0.717, 1.165) is 22.6 Å². The van der Waals surface area contributed by atoms with Crippen LogP contribution in [0, 0.1) is 5.92 Å². The van der Waals surface area contributed by atoms with Crippen LogP contribution in [0.4, 0.5) is 0 Å². The van der Waals surface area contributed by atoms with Crippen LogP contribution in [-0.2, 0) is 6.54 Å². The molecule has 0 bridgehead atoms. The summed E-state index contributed by atoms with van der Waals surface area (Å²) in [4.78, 5) is 0. The van der Waals surface area contributed by atoms with Crippen molar-refractivity contribution in [3.63, 3.8) is 0 Å². The SMILES string of the molecule is COc1ccc(Br)c(CNC2CCCC2CCl)c1. The highest BCUT2D eigenvalue weighted by atomic mass is 79.9. The van der Waals surface area contributed by atoms with E-state index in [-0.39, 0.29) is 0 Å². The van der Waals surface area contributed by atoms with Gasteiger partial charge in [0.25, 0.3) is 0 Å². The summed E-state index contributed by atoms with van der Waals surface area (Å²) in [5.74, 6) is 2.28. The summed E-state index contributed by atoms with van der Waals surface area (Å²) in [6, 6.07) is 6.62. The van der Waals surface area contributed by atoms with Gasteiger partial charge >= 0.3 is 0 Å². The fraction of sp³-hybridized carbons (Fsp3) is 0.571. The number of hydrogen-bond acceptors (Lipinski definition) is 2. The van der Waals surface area contributed by atoms with Gasteiger partial charge in [0.15, 0.2) is 0 Å². The second-order valence-corrected chi connectivity index (χ2v) is 5.95. The molecule has 2 nitrogen and oxygen atoms in total. The number of ether oxygens (including phenoxy) is 1. The molecular weight excluding hydrogens is 314 g/mol. The number of methoxy groups -OCH3 is 1. The third kappa shape index (κ3) is 3.40. The van der Waals surface area contributed by atoms with Gasteiger partial charge < -0.3 is 10.1 Å². The molecule has 2 unspecified atom stereocenters. The standard InChI is InChI=1S/C14H19BrClNO/c1-18-12-5-6-13(15)11(7-12)9-17-14-4-2-3-10(14)8-16/h5-7,10,14,17H,2-4,8-9H2,1H3. The zero-order valence-electron chi connectivity index (χ0n) is 10.6. The lowest BCUT2D eigenvalue weighted by Gasteiger charge is -2.19. The average Bonchev–Trinajstić information content (AvgIpc) is 2.85. The minimum atomic E-state index is 0.556. The number of halogens is 2. The molecule has 18 heavy (non-hydrogen) atoms. The van der Waals surface area contributed by atoms with Crippen LogP contribution in [0.1, 0.15) is 24.8 Å². The van der Waals surface area contributed by atoms with Gasteiger partial charge in [0.05, 0.1) is 7.11 Å². The Balaban J connectivity index is 1.97. The molecule has 100 valence electrons. The molecule has 0 aromatic heterocycles. The maximum absolute atomic E-state index is 5.99. The molecule has 2 atom stereocenters. The molecule has 1 fully saturated rings. The van der Waals surface area contributed by atoms with Gasteiger partial charge in [0.1, 0.15) is 5.75 Å². The van der Waals surface area contributed by atoms with Crippen molar-refractivity contribution < 1.29 is 4.74 Å². The van der Waals surface area contributed by atoms with E-state index in [1.807, 2.05) is 12.1 Å². The Kier molecular flexibility index (Phi) is 5.34. The van der Waals surface area contributed by atoms with Gasteiger partial charge in [-0.2, -0.15) is 0 Å². The van der Waals surface area contributed by atoms with Crippen molar-refractivity contribution in [1.82, 2.24) is 5.32 Å². The molecule has 1 aromatic rings. The highest BCUT2D eigenvalue weighted by Gasteiger charge is 2.25. The first-order chi connectivity index (χ1) is 8.74.